The third kappa shape index (κ3) is 4.14. The first kappa shape index (κ1) is 18.2. The third-order valence-corrected chi connectivity index (χ3v) is 4.69. The van der Waals surface area contributed by atoms with E-state index in [1.165, 1.54) is 0 Å². The largest absolute Gasteiger partial charge is 0.493 e. The van der Waals surface area contributed by atoms with Crippen LogP contribution in [0.5, 0.6) is 11.5 Å². The molecule has 26 heavy (non-hydrogen) atoms. The highest BCUT2D eigenvalue weighted by Crippen LogP contribution is 2.39. The Morgan fingerprint density at radius 1 is 1.27 bits per heavy atom. The molecule has 1 aliphatic rings. The van der Waals surface area contributed by atoms with Crippen LogP contribution in [0.1, 0.15) is 23.5 Å². The van der Waals surface area contributed by atoms with Gasteiger partial charge >= 0.3 is 0 Å². The molecule has 1 aliphatic heterocycles. The summed E-state index contributed by atoms with van der Waals surface area (Å²) in [5, 5.41) is 2.86. The number of nitrogens with one attached hydrogen (secondary N) is 1. The number of hydrogen-bond acceptors (Lipinski definition) is 5. The quantitative estimate of drug-likeness (QED) is 0.863. The highest BCUT2D eigenvalue weighted by Gasteiger charge is 2.28. The van der Waals surface area contributed by atoms with Crippen LogP contribution in [0.15, 0.2) is 36.5 Å². The number of carbonyl (C=O) groups excluding carboxylic acids is 1. The number of pyridine rings is 1. The zero-order chi connectivity index (χ0) is 18.5. The predicted octanol–water partition coefficient (Wildman–Crippen LogP) is 2.84. The van der Waals surface area contributed by atoms with Gasteiger partial charge in [0.05, 0.1) is 20.8 Å². The lowest BCUT2D eigenvalue weighted by Gasteiger charge is -2.18. The first-order valence-corrected chi connectivity index (χ1v) is 8.76. The Hall–Kier alpha value is -2.60. The van der Waals surface area contributed by atoms with Crippen molar-refractivity contribution < 1.29 is 14.3 Å². The molecule has 2 aromatic rings. The molecule has 1 unspecified atom stereocenters. The molecule has 0 aliphatic carbocycles. The molecule has 1 atom stereocenters. The summed E-state index contributed by atoms with van der Waals surface area (Å²) >= 11 is 0. The summed E-state index contributed by atoms with van der Waals surface area (Å²) in [7, 11) is 3.31. The first-order chi connectivity index (χ1) is 12.6. The third-order valence-electron chi connectivity index (χ3n) is 4.69. The molecule has 1 aromatic heterocycles. The minimum atomic E-state index is -0.0420. The second kappa shape index (κ2) is 8.19. The topological polar surface area (TPSA) is 63.7 Å². The number of likely N-dealkylation sites (tertiary alicyclic amines) is 1. The monoisotopic (exact) mass is 355 g/mol. The highest BCUT2D eigenvalue weighted by atomic mass is 16.5. The van der Waals surface area contributed by atoms with E-state index in [9.17, 15) is 4.79 Å². The summed E-state index contributed by atoms with van der Waals surface area (Å²) in [5.74, 6) is 2.40. The molecule has 0 bridgehead atoms. The molecule has 138 valence electrons. The molecule has 0 spiro atoms. The van der Waals surface area contributed by atoms with Gasteiger partial charge in [0.1, 0.15) is 5.82 Å². The number of aryl methyl sites for hydroxylation is 1. The van der Waals surface area contributed by atoms with Crippen LogP contribution >= 0.6 is 0 Å². The van der Waals surface area contributed by atoms with Crippen molar-refractivity contribution in [1.82, 2.24) is 9.88 Å². The Bertz CT molecular complexity index is 761. The van der Waals surface area contributed by atoms with Crippen LogP contribution in [-0.4, -0.2) is 49.6 Å². The van der Waals surface area contributed by atoms with Gasteiger partial charge in [-0.1, -0.05) is 18.2 Å². The van der Waals surface area contributed by atoms with E-state index in [1.807, 2.05) is 31.2 Å². The number of amides is 1. The average Bonchev–Trinajstić information content (AvgIpc) is 3.11. The number of para-hydroxylation sites is 1. The summed E-state index contributed by atoms with van der Waals surface area (Å²) in [4.78, 5) is 18.7. The average molecular weight is 355 g/mol. The van der Waals surface area contributed by atoms with Crippen LogP contribution in [0.25, 0.3) is 0 Å². The highest BCUT2D eigenvalue weighted by molar-refractivity contribution is 5.91. The molecule has 6 nitrogen and oxygen atoms in total. The maximum Gasteiger partial charge on any atom is 0.239 e. The number of ether oxygens (including phenoxy) is 2. The molecule has 0 radical (unpaired) electrons. The van der Waals surface area contributed by atoms with Crippen LogP contribution < -0.4 is 14.8 Å². The SMILES string of the molecule is COc1cccc(C2CCN(CC(=O)Nc3ccc(C)cn3)C2)c1OC. The van der Waals surface area contributed by atoms with Gasteiger partial charge in [-0.3, -0.25) is 9.69 Å². The van der Waals surface area contributed by atoms with E-state index in [4.69, 9.17) is 9.47 Å². The molecular weight excluding hydrogens is 330 g/mol. The molecule has 0 saturated carbocycles. The number of carbonyl (C=O) groups is 1. The predicted molar refractivity (Wildman–Crippen MR) is 101 cm³/mol. The van der Waals surface area contributed by atoms with Gasteiger partial charge in [0.15, 0.2) is 11.5 Å². The van der Waals surface area contributed by atoms with E-state index in [1.54, 1.807) is 20.4 Å². The molecule has 1 aromatic carbocycles. The summed E-state index contributed by atoms with van der Waals surface area (Å²) in [6.07, 6.45) is 2.73. The van der Waals surface area contributed by atoms with Gasteiger partial charge in [-0.15, -0.1) is 0 Å². The lowest BCUT2D eigenvalue weighted by atomic mass is 9.97. The van der Waals surface area contributed by atoms with Crippen molar-refractivity contribution in [1.29, 1.82) is 0 Å². The molecule has 1 amide bonds. The van der Waals surface area contributed by atoms with Crippen molar-refractivity contribution in [3.8, 4) is 11.5 Å². The van der Waals surface area contributed by atoms with Gasteiger partial charge in [-0.05, 0) is 37.6 Å². The van der Waals surface area contributed by atoms with Gasteiger partial charge < -0.3 is 14.8 Å². The molecule has 1 fully saturated rings. The fraction of sp³-hybridized carbons (Fsp3) is 0.400. The number of nitrogens with zero attached hydrogens (tertiary/aromatic N) is 2. The number of anilines is 1. The van der Waals surface area contributed by atoms with Crippen LogP contribution in [0.3, 0.4) is 0 Å². The Kier molecular flexibility index (Phi) is 5.73. The van der Waals surface area contributed by atoms with Crippen molar-refractivity contribution in [3.63, 3.8) is 0 Å². The Balaban J connectivity index is 1.60. The van der Waals surface area contributed by atoms with Gasteiger partial charge in [0.25, 0.3) is 0 Å². The van der Waals surface area contributed by atoms with E-state index < -0.39 is 0 Å². The molecule has 3 rings (SSSR count). The second-order valence-corrected chi connectivity index (χ2v) is 6.57. The first-order valence-electron chi connectivity index (χ1n) is 8.76. The lowest BCUT2D eigenvalue weighted by molar-refractivity contribution is -0.117. The van der Waals surface area contributed by atoms with Crippen molar-refractivity contribution >= 4 is 11.7 Å². The van der Waals surface area contributed by atoms with Crippen LogP contribution in [-0.2, 0) is 4.79 Å². The van der Waals surface area contributed by atoms with E-state index >= 15 is 0 Å². The van der Waals surface area contributed by atoms with Gasteiger partial charge in [0, 0.05) is 24.2 Å². The van der Waals surface area contributed by atoms with Crippen molar-refractivity contribution in [2.24, 2.45) is 0 Å². The number of hydrogen-bond donors (Lipinski definition) is 1. The fourth-order valence-corrected chi connectivity index (χ4v) is 3.39. The normalized spacial score (nSPS) is 17.1. The smallest absolute Gasteiger partial charge is 0.239 e. The molecule has 2 heterocycles. The minimum Gasteiger partial charge on any atom is -0.493 e. The summed E-state index contributed by atoms with van der Waals surface area (Å²) in [5.41, 5.74) is 2.20. The summed E-state index contributed by atoms with van der Waals surface area (Å²) < 4.78 is 10.9. The Labute approximate surface area is 154 Å². The van der Waals surface area contributed by atoms with Gasteiger partial charge in [0.2, 0.25) is 5.91 Å². The zero-order valence-electron chi connectivity index (χ0n) is 15.5. The van der Waals surface area contributed by atoms with E-state index in [0.717, 1.165) is 42.1 Å². The van der Waals surface area contributed by atoms with E-state index in [2.05, 4.69) is 21.3 Å². The van der Waals surface area contributed by atoms with Crippen molar-refractivity contribution in [2.75, 3.05) is 39.2 Å². The maximum atomic E-state index is 12.3. The Morgan fingerprint density at radius 2 is 2.12 bits per heavy atom. The minimum absolute atomic E-state index is 0.0420. The van der Waals surface area contributed by atoms with Crippen molar-refractivity contribution in [3.05, 3.63) is 47.7 Å². The maximum absolute atomic E-state index is 12.3. The van der Waals surface area contributed by atoms with Crippen LogP contribution in [0, 0.1) is 6.92 Å². The lowest BCUT2D eigenvalue weighted by Crippen LogP contribution is -2.31. The van der Waals surface area contributed by atoms with Crippen molar-refractivity contribution in [2.45, 2.75) is 19.3 Å². The van der Waals surface area contributed by atoms with Crippen LogP contribution in [0.2, 0.25) is 0 Å². The van der Waals surface area contributed by atoms with Crippen LogP contribution in [0.4, 0.5) is 5.82 Å². The Morgan fingerprint density at radius 3 is 2.81 bits per heavy atom. The van der Waals surface area contributed by atoms with Gasteiger partial charge in [-0.25, -0.2) is 4.98 Å². The number of aromatic nitrogens is 1. The zero-order valence-corrected chi connectivity index (χ0v) is 15.5. The standard InChI is InChI=1S/C20H25N3O3/c1-14-7-8-18(21-11-14)22-19(24)13-23-10-9-15(12-23)16-5-4-6-17(25-2)20(16)26-3/h4-8,11,15H,9-10,12-13H2,1-3H3,(H,21,22,24). The summed E-state index contributed by atoms with van der Waals surface area (Å²) in [6, 6.07) is 9.71. The second-order valence-electron chi connectivity index (χ2n) is 6.57. The fourth-order valence-electron chi connectivity index (χ4n) is 3.39. The molecule has 1 saturated heterocycles. The number of rotatable bonds is 6. The van der Waals surface area contributed by atoms with Gasteiger partial charge in [-0.2, -0.15) is 0 Å². The molecular formula is C20H25N3O3. The molecule has 6 heteroatoms. The number of methoxy groups -OCH3 is 2. The molecule has 1 N–H and O–H groups in total. The van der Waals surface area contributed by atoms with E-state index in [0.29, 0.717) is 18.3 Å². The number of benzene rings is 1. The summed E-state index contributed by atoms with van der Waals surface area (Å²) in [6.45, 7) is 4.02. The van der Waals surface area contributed by atoms with E-state index in [-0.39, 0.29) is 5.91 Å².